The topological polar surface area (TPSA) is 46.1 Å². The van der Waals surface area contributed by atoms with Crippen molar-refractivity contribution in [2.45, 2.75) is 31.6 Å². The van der Waals surface area contributed by atoms with Gasteiger partial charge in [-0.05, 0) is 66.4 Å². The molecule has 0 atom stereocenters. The summed E-state index contributed by atoms with van der Waals surface area (Å²) in [6.45, 7) is 0.526. The first-order valence-corrected chi connectivity index (χ1v) is 14.2. The first-order chi connectivity index (χ1) is 21.5. The monoisotopic (exact) mass is 617 g/mol. The van der Waals surface area contributed by atoms with Gasteiger partial charge >= 0.3 is 12.4 Å². The van der Waals surface area contributed by atoms with Gasteiger partial charge in [-0.3, -0.25) is 14.8 Å². The molecule has 3 heterocycles. The Balaban J connectivity index is 1.40. The van der Waals surface area contributed by atoms with Crippen molar-refractivity contribution >= 4 is 11.6 Å². The van der Waals surface area contributed by atoms with Crippen LogP contribution in [0.2, 0.25) is 0 Å². The van der Waals surface area contributed by atoms with Crippen LogP contribution in [0.5, 0.6) is 0 Å². The maximum Gasteiger partial charge on any atom is 0.417 e. The maximum atomic E-state index is 13.6. The highest BCUT2D eigenvalue weighted by molar-refractivity contribution is 5.96. The number of pyridine rings is 2. The van der Waals surface area contributed by atoms with Gasteiger partial charge in [-0.15, -0.1) is 0 Å². The van der Waals surface area contributed by atoms with Crippen molar-refractivity contribution in [2.75, 3.05) is 11.4 Å². The number of carbonyl (C=O) groups excluding carboxylic acids is 1. The minimum atomic E-state index is -4.54. The van der Waals surface area contributed by atoms with Gasteiger partial charge in [-0.2, -0.15) is 26.3 Å². The molecule has 10 heteroatoms. The van der Waals surface area contributed by atoms with Gasteiger partial charge in [0.1, 0.15) is 0 Å². The molecule has 0 N–H and O–H groups in total. The Morgan fingerprint density at radius 1 is 0.578 bits per heavy atom. The van der Waals surface area contributed by atoms with E-state index in [-0.39, 0.29) is 28.4 Å². The van der Waals surface area contributed by atoms with E-state index in [2.05, 4.69) is 9.97 Å². The summed E-state index contributed by atoms with van der Waals surface area (Å²) in [7, 11) is 0. The van der Waals surface area contributed by atoms with Crippen LogP contribution in [0.1, 0.15) is 30.4 Å². The summed E-state index contributed by atoms with van der Waals surface area (Å²) in [6.07, 6.45) is -4.09. The molecule has 3 aromatic carbocycles. The second-order valence-electron chi connectivity index (χ2n) is 10.7. The Kier molecular flexibility index (Phi) is 7.90. The normalized spacial score (nSPS) is 14.1. The van der Waals surface area contributed by atoms with Gasteiger partial charge in [-0.1, -0.05) is 48.5 Å². The predicted molar refractivity (Wildman–Crippen MR) is 160 cm³/mol. The number of amides is 1. The van der Waals surface area contributed by atoms with E-state index >= 15 is 0 Å². The van der Waals surface area contributed by atoms with E-state index in [9.17, 15) is 31.1 Å². The summed E-state index contributed by atoms with van der Waals surface area (Å²) < 4.78 is 81.7. The van der Waals surface area contributed by atoms with E-state index in [0.717, 1.165) is 25.0 Å². The Bertz CT molecular complexity index is 1730. The summed E-state index contributed by atoms with van der Waals surface area (Å²) in [5, 5.41) is 0. The summed E-state index contributed by atoms with van der Waals surface area (Å²) in [4.78, 5) is 23.2. The molecular formula is C35H25F6N3O. The lowest BCUT2D eigenvalue weighted by Gasteiger charge is -2.28. The fourth-order valence-corrected chi connectivity index (χ4v) is 5.53. The number of rotatable bonds is 5. The molecule has 0 aliphatic carbocycles. The van der Waals surface area contributed by atoms with E-state index in [1.54, 1.807) is 17.0 Å². The lowest BCUT2D eigenvalue weighted by Crippen LogP contribution is -2.35. The summed E-state index contributed by atoms with van der Waals surface area (Å²) >= 11 is 0. The number of nitrogens with zero attached hydrogens (tertiary/aromatic N) is 3. The van der Waals surface area contributed by atoms with Crippen LogP contribution in [0.15, 0.2) is 103 Å². The smallest absolute Gasteiger partial charge is 0.312 e. The number of piperidine rings is 1. The summed E-state index contributed by atoms with van der Waals surface area (Å²) in [6, 6.07) is 22.3. The van der Waals surface area contributed by atoms with Crippen molar-refractivity contribution in [3.63, 3.8) is 0 Å². The lowest BCUT2D eigenvalue weighted by molar-refractivity contribution is -0.137. The minimum Gasteiger partial charge on any atom is -0.312 e. The van der Waals surface area contributed by atoms with Gasteiger partial charge in [0, 0.05) is 53.3 Å². The van der Waals surface area contributed by atoms with Gasteiger partial charge in [0.2, 0.25) is 5.91 Å². The molecular weight excluding hydrogens is 592 g/mol. The van der Waals surface area contributed by atoms with Gasteiger partial charge in [-0.25, -0.2) is 0 Å². The highest BCUT2D eigenvalue weighted by atomic mass is 19.4. The zero-order valence-corrected chi connectivity index (χ0v) is 23.7. The molecule has 228 valence electrons. The Labute approximate surface area is 255 Å². The van der Waals surface area contributed by atoms with Crippen molar-refractivity contribution in [3.8, 4) is 44.8 Å². The fraction of sp³-hybridized carbons (Fsp3) is 0.171. The van der Waals surface area contributed by atoms with Crippen molar-refractivity contribution in [3.05, 3.63) is 115 Å². The number of benzene rings is 3. The van der Waals surface area contributed by atoms with E-state index < -0.39 is 23.5 Å². The maximum absolute atomic E-state index is 13.6. The number of hydrogen-bond acceptors (Lipinski definition) is 3. The fourth-order valence-electron chi connectivity index (χ4n) is 5.53. The third-order valence-corrected chi connectivity index (χ3v) is 7.76. The van der Waals surface area contributed by atoms with Crippen molar-refractivity contribution < 1.29 is 31.1 Å². The van der Waals surface area contributed by atoms with Gasteiger partial charge in [0.25, 0.3) is 0 Å². The number of hydrogen-bond donors (Lipinski definition) is 0. The molecule has 0 radical (unpaired) electrons. The number of carbonyl (C=O) groups is 1. The van der Waals surface area contributed by atoms with Gasteiger partial charge in [0.15, 0.2) is 0 Å². The number of aromatic nitrogens is 2. The Morgan fingerprint density at radius 2 is 1.07 bits per heavy atom. The average Bonchev–Trinajstić information content (AvgIpc) is 3.04. The second-order valence-corrected chi connectivity index (χ2v) is 10.7. The molecule has 0 saturated carbocycles. The minimum absolute atomic E-state index is 0.0289. The molecule has 1 aliphatic heterocycles. The van der Waals surface area contributed by atoms with Crippen LogP contribution in [0, 0.1) is 0 Å². The van der Waals surface area contributed by atoms with E-state index in [4.69, 9.17) is 0 Å². The molecule has 6 rings (SSSR count). The van der Waals surface area contributed by atoms with E-state index in [0.29, 0.717) is 40.9 Å². The van der Waals surface area contributed by atoms with Crippen LogP contribution in [0.4, 0.5) is 32.0 Å². The van der Waals surface area contributed by atoms with Gasteiger partial charge in [0.05, 0.1) is 22.5 Å². The molecule has 0 spiro atoms. The average molecular weight is 618 g/mol. The number of anilines is 1. The van der Waals surface area contributed by atoms with Crippen LogP contribution in [0.25, 0.3) is 44.8 Å². The third-order valence-electron chi connectivity index (χ3n) is 7.76. The molecule has 45 heavy (non-hydrogen) atoms. The standard InChI is InChI=1S/C35H25F6N3O/c36-34(37,38)29-9-3-1-7-27(29)31-14-12-22(20-42-31)24-17-25(19-26(18-24)44-16-6-5-11-33(44)45)23-13-15-32(43-21-23)28-8-2-4-10-30(28)35(39,40)41/h1-4,7-10,12-15,17-21H,5-6,11,16H2. The van der Waals surface area contributed by atoms with E-state index in [1.807, 2.05) is 18.2 Å². The van der Waals surface area contributed by atoms with Crippen LogP contribution in [-0.4, -0.2) is 22.4 Å². The van der Waals surface area contributed by atoms with Gasteiger partial charge < -0.3 is 4.90 Å². The zero-order chi connectivity index (χ0) is 31.8. The molecule has 0 unspecified atom stereocenters. The molecule has 1 aliphatic rings. The van der Waals surface area contributed by atoms with E-state index in [1.165, 1.54) is 60.9 Å². The summed E-state index contributed by atoms with van der Waals surface area (Å²) in [5.41, 5.74) is 1.85. The SMILES string of the molecule is O=C1CCCCN1c1cc(-c2ccc(-c3ccccc3C(F)(F)F)nc2)cc(-c2ccc(-c3ccccc3C(F)(F)F)nc2)c1. The molecule has 1 amide bonds. The quantitative estimate of drug-likeness (QED) is 0.185. The second kappa shape index (κ2) is 11.8. The first kappa shape index (κ1) is 30.1. The van der Waals surface area contributed by atoms with Crippen LogP contribution < -0.4 is 4.90 Å². The Hall–Kier alpha value is -4.99. The predicted octanol–water partition coefficient (Wildman–Crippen LogP) is 9.70. The van der Waals surface area contributed by atoms with Crippen LogP contribution in [0.3, 0.4) is 0 Å². The largest absolute Gasteiger partial charge is 0.417 e. The molecule has 4 nitrogen and oxygen atoms in total. The number of alkyl halides is 6. The van der Waals surface area contributed by atoms with Crippen molar-refractivity contribution in [1.82, 2.24) is 9.97 Å². The summed E-state index contributed by atoms with van der Waals surface area (Å²) in [5.74, 6) is -0.0289. The highest BCUT2D eigenvalue weighted by Gasteiger charge is 2.34. The van der Waals surface area contributed by atoms with Crippen LogP contribution in [-0.2, 0) is 17.1 Å². The third kappa shape index (κ3) is 6.31. The Morgan fingerprint density at radius 3 is 1.49 bits per heavy atom. The first-order valence-electron chi connectivity index (χ1n) is 14.2. The van der Waals surface area contributed by atoms with Crippen molar-refractivity contribution in [2.24, 2.45) is 0 Å². The van der Waals surface area contributed by atoms with Crippen molar-refractivity contribution in [1.29, 1.82) is 0 Å². The molecule has 5 aromatic rings. The highest BCUT2D eigenvalue weighted by Crippen LogP contribution is 2.39. The molecule has 1 fully saturated rings. The molecule has 0 bridgehead atoms. The molecule has 2 aromatic heterocycles. The van der Waals surface area contributed by atoms with Crippen LogP contribution >= 0.6 is 0 Å². The lowest BCUT2D eigenvalue weighted by atomic mass is 9.97. The number of halogens is 6. The molecule has 1 saturated heterocycles. The zero-order valence-electron chi connectivity index (χ0n) is 23.7.